The summed E-state index contributed by atoms with van der Waals surface area (Å²) in [7, 11) is 0. The van der Waals surface area contributed by atoms with Crippen LogP contribution in [-0.4, -0.2) is 35.1 Å². The van der Waals surface area contributed by atoms with E-state index in [1.54, 1.807) is 0 Å². The van der Waals surface area contributed by atoms with Gasteiger partial charge < -0.3 is 15.0 Å². The van der Waals surface area contributed by atoms with E-state index in [2.05, 4.69) is 15.3 Å². The molecule has 2 heterocycles. The lowest BCUT2D eigenvalue weighted by Gasteiger charge is -2.10. The molecule has 6 nitrogen and oxygen atoms in total. The first-order valence-electron chi connectivity index (χ1n) is 8.34. The number of thioether (sulfide) groups is 1. The van der Waals surface area contributed by atoms with E-state index in [4.69, 9.17) is 4.74 Å². The third-order valence-electron chi connectivity index (χ3n) is 3.88. The van der Waals surface area contributed by atoms with E-state index in [9.17, 15) is 9.59 Å². The van der Waals surface area contributed by atoms with Crippen LogP contribution in [0.4, 0.5) is 0 Å². The Labute approximate surface area is 150 Å². The third-order valence-corrected chi connectivity index (χ3v) is 4.83. The molecule has 1 aliphatic heterocycles. The summed E-state index contributed by atoms with van der Waals surface area (Å²) in [5.41, 5.74) is 1.38. The first-order valence-corrected chi connectivity index (χ1v) is 9.33. The predicted octanol–water partition coefficient (Wildman–Crippen LogP) is 1.90. The first-order chi connectivity index (χ1) is 12.2. The monoisotopic (exact) mass is 359 g/mol. The maximum absolute atomic E-state index is 12.0. The molecule has 1 unspecified atom stereocenters. The summed E-state index contributed by atoms with van der Waals surface area (Å²) < 4.78 is 5.48. The molecule has 0 aliphatic carbocycles. The Bertz CT molecular complexity index is 758. The van der Waals surface area contributed by atoms with Crippen molar-refractivity contribution in [3.8, 4) is 0 Å². The average Bonchev–Trinajstić information content (AvgIpc) is 3.12. The van der Waals surface area contributed by atoms with Crippen molar-refractivity contribution in [1.29, 1.82) is 0 Å². The number of hydrogen-bond donors (Lipinski definition) is 2. The van der Waals surface area contributed by atoms with Crippen LogP contribution in [0.1, 0.15) is 24.1 Å². The minimum absolute atomic E-state index is 0.0928. The van der Waals surface area contributed by atoms with E-state index in [1.807, 2.05) is 30.3 Å². The van der Waals surface area contributed by atoms with Crippen LogP contribution in [0.15, 0.2) is 46.3 Å². The van der Waals surface area contributed by atoms with Crippen LogP contribution in [0.5, 0.6) is 0 Å². The number of aromatic amines is 1. The molecule has 3 rings (SSSR count). The van der Waals surface area contributed by atoms with Crippen molar-refractivity contribution in [2.24, 2.45) is 0 Å². The molecule has 2 N–H and O–H groups in total. The summed E-state index contributed by atoms with van der Waals surface area (Å²) in [5.74, 6) is 0.561. The normalized spacial score (nSPS) is 16.7. The molecular weight excluding hydrogens is 338 g/mol. The van der Waals surface area contributed by atoms with Crippen LogP contribution in [-0.2, 0) is 21.7 Å². The number of nitrogens with one attached hydrogen (secondary N) is 2. The average molecular weight is 359 g/mol. The second-order valence-electron chi connectivity index (χ2n) is 5.93. The van der Waals surface area contributed by atoms with Gasteiger partial charge in [-0.3, -0.25) is 9.59 Å². The minimum atomic E-state index is -0.243. The molecule has 0 saturated carbocycles. The molecule has 1 saturated heterocycles. The highest BCUT2D eigenvalue weighted by Gasteiger charge is 2.16. The minimum Gasteiger partial charge on any atom is -0.376 e. The summed E-state index contributed by atoms with van der Waals surface area (Å²) in [5, 5.41) is 3.37. The molecule has 0 spiro atoms. The van der Waals surface area contributed by atoms with Crippen molar-refractivity contribution in [3.05, 3.63) is 58.0 Å². The highest BCUT2D eigenvalue weighted by atomic mass is 32.2. The van der Waals surface area contributed by atoms with E-state index in [-0.39, 0.29) is 24.0 Å². The number of H-pyrrole nitrogens is 1. The molecule has 0 radical (unpaired) electrons. The van der Waals surface area contributed by atoms with Crippen LogP contribution in [0.25, 0.3) is 0 Å². The molecule has 1 aromatic carbocycles. The number of rotatable bonds is 7. The highest BCUT2D eigenvalue weighted by molar-refractivity contribution is 7.98. The smallest absolute Gasteiger partial charge is 0.251 e. The fourth-order valence-corrected chi connectivity index (χ4v) is 3.48. The van der Waals surface area contributed by atoms with Crippen LogP contribution in [0.2, 0.25) is 0 Å². The van der Waals surface area contributed by atoms with Crippen LogP contribution < -0.4 is 10.9 Å². The van der Waals surface area contributed by atoms with Crippen molar-refractivity contribution < 1.29 is 9.53 Å². The molecule has 1 aliphatic rings. The fourth-order valence-electron chi connectivity index (χ4n) is 2.63. The Hall–Kier alpha value is -2.12. The summed E-state index contributed by atoms with van der Waals surface area (Å²) in [6, 6.07) is 11.3. The van der Waals surface area contributed by atoms with E-state index in [1.165, 1.54) is 17.8 Å². The van der Waals surface area contributed by atoms with E-state index in [0.29, 0.717) is 23.1 Å². The van der Waals surface area contributed by atoms with Gasteiger partial charge in [0.1, 0.15) is 0 Å². The zero-order valence-electron chi connectivity index (χ0n) is 13.9. The molecule has 132 valence electrons. The van der Waals surface area contributed by atoms with Gasteiger partial charge in [-0.2, -0.15) is 0 Å². The van der Waals surface area contributed by atoms with Crippen LogP contribution in [0, 0.1) is 0 Å². The standard InChI is InChI=1S/C18H21N3O3S/c22-16(19-11-15-7-4-8-24-15)9-14-10-17(23)21-18(20-14)25-12-13-5-2-1-3-6-13/h1-3,5-6,10,15H,4,7-9,11-12H2,(H,19,22)(H,20,21,23). The zero-order valence-corrected chi connectivity index (χ0v) is 14.7. The molecule has 0 bridgehead atoms. The SMILES string of the molecule is O=C(Cc1cc(=O)[nH]c(SCc2ccccc2)n1)NCC1CCCO1. The van der Waals surface area contributed by atoms with Gasteiger partial charge in [0.05, 0.1) is 18.2 Å². The number of carbonyl (C=O) groups is 1. The summed E-state index contributed by atoms with van der Waals surface area (Å²) >= 11 is 1.44. The quantitative estimate of drug-likeness (QED) is 0.583. The van der Waals surface area contributed by atoms with Gasteiger partial charge in [-0.1, -0.05) is 42.1 Å². The molecule has 1 aromatic heterocycles. The van der Waals surface area contributed by atoms with Crippen LogP contribution in [0.3, 0.4) is 0 Å². The van der Waals surface area contributed by atoms with Gasteiger partial charge in [-0.15, -0.1) is 0 Å². The Kier molecular flexibility index (Phi) is 6.25. The van der Waals surface area contributed by atoms with Gasteiger partial charge in [0.2, 0.25) is 5.91 Å². The lowest BCUT2D eigenvalue weighted by molar-refractivity contribution is -0.121. The molecule has 7 heteroatoms. The van der Waals surface area contributed by atoms with Gasteiger partial charge in [-0.05, 0) is 18.4 Å². The maximum Gasteiger partial charge on any atom is 0.251 e. The van der Waals surface area contributed by atoms with Gasteiger partial charge in [-0.25, -0.2) is 4.98 Å². The molecule has 1 amide bonds. The van der Waals surface area contributed by atoms with Crippen LogP contribution >= 0.6 is 11.8 Å². The van der Waals surface area contributed by atoms with Crippen molar-refractivity contribution in [3.63, 3.8) is 0 Å². The number of ether oxygens (including phenoxy) is 1. The Morgan fingerprint density at radius 3 is 2.96 bits per heavy atom. The van der Waals surface area contributed by atoms with Crippen molar-refractivity contribution in [1.82, 2.24) is 15.3 Å². The number of nitrogens with zero attached hydrogens (tertiary/aromatic N) is 1. The largest absolute Gasteiger partial charge is 0.376 e. The van der Waals surface area contributed by atoms with Gasteiger partial charge in [0.25, 0.3) is 5.56 Å². The van der Waals surface area contributed by atoms with Crippen molar-refractivity contribution >= 4 is 17.7 Å². The Morgan fingerprint density at radius 1 is 1.36 bits per heavy atom. The van der Waals surface area contributed by atoms with Crippen molar-refractivity contribution in [2.75, 3.05) is 13.2 Å². The third kappa shape index (κ3) is 5.72. The lowest BCUT2D eigenvalue weighted by atomic mass is 10.2. The highest BCUT2D eigenvalue weighted by Crippen LogP contribution is 2.18. The molecule has 1 fully saturated rings. The Balaban J connectivity index is 1.55. The van der Waals surface area contributed by atoms with E-state index < -0.39 is 0 Å². The second-order valence-corrected chi connectivity index (χ2v) is 6.90. The number of amides is 1. The van der Waals surface area contributed by atoms with E-state index in [0.717, 1.165) is 25.0 Å². The van der Waals surface area contributed by atoms with Gasteiger partial charge >= 0.3 is 0 Å². The van der Waals surface area contributed by atoms with E-state index >= 15 is 0 Å². The number of aromatic nitrogens is 2. The fraction of sp³-hybridized carbons (Fsp3) is 0.389. The maximum atomic E-state index is 12.0. The zero-order chi connectivity index (χ0) is 17.5. The number of carbonyl (C=O) groups excluding carboxylic acids is 1. The molecule has 2 aromatic rings. The Morgan fingerprint density at radius 2 is 2.20 bits per heavy atom. The topological polar surface area (TPSA) is 84.1 Å². The number of benzene rings is 1. The molecule has 25 heavy (non-hydrogen) atoms. The summed E-state index contributed by atoms with van der Waals surface area (Å²) in [4.78, 5) is 31.0. The lowest BCUT2D eigenvalue weighted by Crippen LogP contribution is -2.33. The number of hydrogen-bond acceptors (Lipinski definition) is 5. The predicted molar refractivity (Wildman–Crippen MR) is 96.5 cm³/mol. The molecular formula is C18H21N3O3S. The first kappa shape index (κ1) is 17.7. The van der Waals surface area contributed by atoms with Gasteiger partial charge in [0.15, 0.2) is 5.16 Å². The van der Waals surface area contributed by atoms with Gasteiger partial charge in [0, 0.05) is 25.0 Å². The molecule has 1 atom stereocenters. The summed E-state index contributed by atoms with van der Waals surface area (Å²) in [6.45, 7) is 1.27. The summed E-state index contributed by atoms with van der Waals surface area (Å²) in [6.07, 6.45) is 2.21. The van der Waals surface area contributed by atoms with Crippen molar-refractivity contribution in [2.45, 2.75) is 36.3 Å². The second kappa shape index (κ2) is 8.82.